The fourth-order valence-electron chi connectivity index (χ4n) is 2.04. The number of ether oxygens (including phenoxy) is 1. The number of amides is 1. The van der Waals surface area contributed by atoms with Crippen LogP contribution in [0.4, 0.5) is 20.4 Å². The van der Waals surface area contributed by atoms with Gasteiger partial charge >= 0.3 is 6.61 Å². The van der Waals surface area contributed by atoms with E-state index in [9.17, 15) is 22.0 Å². The molecular formula is C13H15ClF2N6O4S. The number of aromatic nitrogens is 4. The van der Waals surface area contributed by atoms with Gasteiger partial charge in [0.1, 0.15) is 5.69 Å². The SMILES string of the molecule is CCS(=O)(=O)N(C)c1c(OC(F)F)ccc(C(=O)Nc2nnnn2C)c1Cl. The Morgan fingerprint density at radius 1 is 1.44 bits per heavy atom. The average Bonchev–Trinajstić information content (AvgIpc) is 2.98. The summed E-state index contributed by atoms with van der Waals surface area (Å²) in [5, 5.41) is 12.4. The van der Waals surface area contributed by atoms with E-state index in [0.717, 1.165) is 19.2 Å². The van der Waals surface area contributed by atoms with Gasteiger partial charge in [0, 0.05) is 14.1 Å². The Morgan fingerprint density at radius 2 is 2.11 bits per heavy atom. The number of anilines is 2. The Labute approximate surface area is 158 Å². The van der Waals surface area contributed by atoms with Crippen LogP contribution in [-0.4, -0.2) is 53.9 Å². The molecule has 0 fully saturated rings. The fourth-order valence-corrected chi connectivity index (χ4v) is 3.31. The maximum atomic E-state index is 12.7. The molecule has 0 spiro atoms. The second-order valence-electron chi connectivity index (χ2n) is 5.10. The summed E-state index contributed by atoms with van der Waals surface area (Å²) >= 11 is 6.18. The molecule has 0 atom stereocenters. The third kappa shape index (κ3) is 4.42. The van der Waals surface area contributed by atoms with Crippen molar-refractivity contribution in [3.05, 3.63) is 22.7 Å². The van der Waals surface area contributed by atoms with Gasteiger partial charge in [0.05, 0.1) is 16.3 Å². The lowest BCUT2D eigenvalue weighted by Crippen LogP contribution is -2.29. The highest BCUT2D eigenvalue weighted by Gasteiger charge is 2.27. The molecule has 0 saturated heterocycles. The number of rotatable bonds is 7. The van der Waals surface area contributed by atoms with E-state index < -0.39 is 28.3 Å². The lowest BCUT2D eigenvalue weighted by molar-refractivity contribution is -0.0494. The molecule has 1 N–H and O–H groups in total. The molecule has 0 unspecified atom stereocenters. The normalized spacial score (nSPS) is 11.5. The first-order valence-corrected chi connectivity index (χ1v) is 9.34. The summed E-state index contributed by atoms with van der Waals surface area (Å²) in [4.78, 5) is 12.5. The summed E-state index contributed by atoms with van der Waals surface area (Å²) in [5.74, 6) is -1.59. The van der Waals surface area contributed by atoms with Gasteiger partial charge in [-0.25, -0.2) is 13.1 Å². The van der Waals surface area contributed by atoms with Crippen molar-refractivity contribution in [2.24, 2.45) is 7.05 Å². The number of sulfonamides is 1. The molecule has 0 saturated carbocycles. The summed E-state index contributed by atoms with van der Waals surface area (Å²) in [6.45, 7) is -1.85. The Hall–Kier alpha value is -2.54. The van der Waals surface area contributed by atoms with Crippen molar-refractivity contribution < 1.29 is 26.7 Å². The third-order valence-electron chi connectivity index (χ3n) is 3.48. The van der Waals surface area contributed by atoms with Gasteiger partial charge in [-0.3, -0.25) is 14.4 Å². The van der Waals surface area contributed by atoms with Crippen molar-refractivity contribution in [1.82, 2.24) is 20.2 Å². The molecule has 10 nitrogen and oxygen atoms in total. The highest BCUT2D eigenvalue weighted by Crippen LogP contribution is 2.40. The molecule has 0 aliphatic heterocycles. The molecule has 0 radical (unpaired) electrons. The third-order valence-corrected chi connectivity index (χ3v) is 5.61. The second-order valence-corrected chi connectivity index (χ2v) is 7.77. The molecule has 27 heavy (non-hydrogen) atoms. The first-order chi connectivity index (χ1) is 12.6. The fraction of sp³-hybridized carbons (Fsp3) is 0.385. The first-order valence-electron chi connectivity index (χ1n) is 7.36. The molecule has 1 aromatic carbocycles. The number of alkyl halides is 2. The number of hydrogen-bond acceptors (Lipinski definition) is 7. The van der Waals surface area contributed by atoms with Gasteiger partial charge in [0.25, 0.3) is 5.91 Å². The predicted molar refractivity (Wildman–Crippen MR) is 92.7 cm³/mol. The maximum absolute atomic E-state index is 12.7. The van der Waals surface area contributed by atoms with Crippen molar-refractivity contribution >= 4 is 39.2 Å². The summed E-state index contributed by atoms with van der Waals surface area (Å²) in [5.41, 5.74) is -0.572. The smallest absolute Gasteiger partial charge is 0.387 e. The van der Waals surface area contributed by atoms with Crippen LogP contribution in [0, 0.1) is 0 Å². The highest BCUT2D eigenvalue weighted by molar-refractivity contribution is 7.92. The number of halogens is 3. The van der Waals surface area contributed by atoms with Gasteiger partial charge in [-0.15, -0.1) is 0 Å². The molecule has 1 amide bonds. The number of carbonyl (C=O) groups is 1. The highest BCUT2D eigenvalue weighted by atomic mass is 35.5. The summed E-state index contributed by atoms with van der Waals surface area (Å²) in [6.07, 6.45) is 0. The topological polar surface area (TPSA) is 119 Å². The molecule has 0 bridgehead atoms. The van der Waals surface area contributed by atoms with Crippen LogP contribution in [0.5, 0.6) is 5.75 Å². The number of nitrogens with one attached hydrogen (secondary N) is 1. The van der Waals surface area contributed by atoms with Crippen molar-refractivity contribution in [2.45, 2.75) is 13.5 Å². The minimum absolute atomic E-state index is 0.0000536. The van der Waals surface area contributed by atoms with Gasteiger partial charge in [-0.1, -0.05) is 16.7 Å². The van der Waals surface area contributed by atoms with E-state index in [1.54, 1.807) is 0 Å². The van der Waals surface area contributed by atoms with E-state index in [1.807, 2.05) is 0 Å². The molecule has 148 valence electrons. The standard InChI is InChI=1S/C13H15ClF2N6O4S/c1-4-27(24,25)22(3)10-8(26-12(15)16)6-5-7(9(10)14)11(23)17-13-18-19-20-21(13)2/h5-6,12H,4H2,1-3H3,(H,17,18,20,23). The summed E-state index contributed by atoms with van der Waals surface area (Å²) in [7, 11) is -1.28. The van der Waals surface area contributed by atoms with E-state index in [-0.39, 0.29) is 28.0 Å². The molecule has 1 aromatic heterocycles. The van der Waals surface area contributed by atoms with Gasteiger partial charge in [-0.2, -0.15) is 8.78 Å². The van der Waals surface area contributed by atoms with Gasteiger partial charge in [0.2, 0.25) is 16.0 Å². The van der Waals surface area contributed by atoms with E-state index in [1.165, 1.54) is 18.7 Å². The Balaban J connectivity index is 2.53. The van der Waals surface area contributed by atoms with E-state index in [4.69, 9.17) is 11.6 Å². The van der Waals surface area contributed by atoms with E-state index >= 15 is 0 Å². The van der Waals surface area contributed by atoms with Crippen molar-refractivity contribution in [3.8, 4) is 5.75 Å². The number of carbonyl (C=O) groups excluding carboxylic acids is 1. The number of tetrazole rings is 1. The molecular weight excluding hydrogens is 410 g/mol. The van der Waals surface area contributed by atoms with Crippen LogP contribution in [0.2, 0.25) is 5.02 Å². The Bertz CT molecular complexity index is 952. The minimum atomic E-state index is -3.88. The predicted octanol–water partition coefficient (Wildman–Crippen LogP) is 1.50. The summed E-state index contributed by atoms with van der Waals surface area (Å²) in [6, 6.07) is 2.15. The summed E-state index contributed by atoms with van der Waals surface area (Å²) < 4.78 is 55.9. The number of benzene rings is 1. The number of nitrogens with zero attached hydrogens (tertiary/aromatic N) is 5. The van der Waals surface area contributed by atoms with E-state index in [2.05, 4.69) is 25.6 Å². The molecule has 0 aliphatic rings. The van der Waals surface area contributed by atoms with Crippen molar-refractivity contribution in [3.63, 3.8) is 0 Å². The van der Waals surface area contributed by atoms with Crippen LogP contribution < -0.4 is 14.4 Å². The quantitative estimate of drug-likeness (QED) is 0.715. The van der Waals surface area contributed by atoms with Gasteiger partial charge in [0.15, 0.2) is 5.75 Å². The monoisotopic (exact) mass is 424 g/mol. The molecule has 1 heterocycles. The van der Waals surface area contributed by atoms with Crippen LogP contribution in [-0.2, 0) is 17.1 Å². The van der Waals surface area contributed by atoms with Gasteiger partial charge in [-0.05, 0) is 29.5 Å². The van der Waals surface area contributed by atoms with Gasteiger partial charge < -0.3 is 4.74 Å². The van der Waals surface area contributed by atoms with Crippen LogP contribution in [0.1, 0.15) is 17.3 Å². The maximum Gasteiger partial charge on any atom is 0.387 e. The van der Waals surface area contributed by atoms with Crippen LogP contribution in [0.15, 0.2) is 12.1 Å². The largest absolute Gasteiger partial charge is 0.433 e. The zero-order valence-corrected chi connectivity index (χ0v) is 15.9. The lowest BCUT2D eigenvalue weighted by Gasteiger charge is -2.23. The number of hydrogen-bond donors (Lipinski definition) is 1. The second kappa shape index (κ2) is 8.00. The molecule has 2 aromatic rings. The molecule has 2 rings (SSSR count). The zero-order valence-electron chi connectivity index (χ0n) is 14.4. The molecule has 0 aliphatic carbocycles. The molecule has 14 heteroatoms. The van der Waals surface area contributed by atoms with Crippen LogP contribution in [0.25, 0.3) is 0 Å². The number of aryl methyl sites for hydroxylation is 1. The zero-order chi connectivity index (χ0) is 20.4. The van der Waals surface area contributed by atoms with Crippen molar-refractivity contribution in [2.75, 3.05) is 22.4 Å². The Kier molecular flexibility index (Phi) is 6.15. The minimum Gasteiger partial charge on any atom is -0.433 e. The average molecular weight is 425 g/mol. The van der Waals surface area contributed by atoms with Crippen LogP contribution >= 0.6 is 11.6 Å². The van der Waals surface area contributed by atoms with Crippen molar-refractivity contribution in [1.29, 1.82) is 0 Å². The lowest BCUT2D eigenvalue weighted by atomic mass is 10.1. The first kappa shape index (κ1) is 20.8. The van der Waals surface area contributed by atoms with E-state index in [0.29, 0.717) is 4.31 Å². The van der Waals surface area contributed by atoms with Crippen LogP contribution in [0.3, 0.4) is 0 Å². The Morgan fingerprint density at radius 3 is 2.63 bits per heavy atom.